The largest absolute Gasteiger partial charge is 0.480 e. The molecule has 4 rings (SSSR count). The van der Waals surface area contributed by atoms with Crippen molar-refractivity contribution >= 4 is 23.7 Å². The summed E-state index contributed by atoms with van der Waals surface area (Å²) in [5, 5.41) is 14.3. The van der Waals surface area contributed by atoms with Crippen LogP contribution in [0.1, 0.15) is 42.4 Å². The summed E-state index contributed by atoms with van der Waals surface area (Å²) in [4.78, 5) is 35.5. The average molecular weight is 473 g/mol. The summed E-state index contributed by atoms with van der Waals surface area (Å²) in [5.41, 5.74) is 6.16. The number of carboxylic acid groups (broad SMARTS) is 1. The maximum absolute atomic E-state index is 12.4. The number of carboxylic acids is 1. The van der Waals surface area contributed by atoms with E-state index in [9.17, 15) is 14.4 Å². The summed E-state index contributed by atoms with van der Waals surface area (Å²) in [6.07, 6.45) is 0.450. The number of hydrogen-bond donors (Lipinski definition) is 3. The maximum Gasteiger partial charge on any atom is 0.411 e. The lowest BCUT2D eigenvalue weighted by molar-refractivity contribution is -0.141. The molecule has 0 aromatic heterocycles. The van der Waals surface area contributed by atoms with Gasteiger partial charge in [0.05, 0.1) is 0 Å². The van der Waals surface area contributed by atoms with E-state index in [0.29, 0.717) is 18.5 Å². The van der Waals surface area contributed by atoms with Crippen molar-refractivity contribution in [3.05, 3.63) is 89.5 Å². The molecule has 0 radical (unpaired) electrons. The molecule has 1 aliphatic carbocycles. The highest BCUT2D eigenvalue weighted by Gasteiger charge is 2.29. The molecule has 1 aliphatic rings. The fourth-order valence-electron chi connectivity index (χ4n) is 4.37. The molecule has 3 N–H and O–H groups in total. The van der Waals surface area contributed by atoms with Crippen LogP contribution in [0.15, 0.2) is 72.8 Å². The third-order valence-electron chi connectivity index (χ3n) is 6.23. The van der Waals surface area contributed by atoms with E-state index in [1.807, 2.05) is 36.4 Å². The Bertz CT molecular complexity index is 1180. The molecule has 0 saturated carbocycles. The quantitative estimate of drug-likeness (QED) is 0.408. The van der Waals surface area contributed by atoms with Gasteiger partial charge >= 0.3 is 12.1 Å². The second-order valence-electron chi connectivity index (χ2n) is 8.51. The van der Waals surface area contributed by atoms with Crippen molar-refractivity contribution in [1.82, 2.24) is 5.32 Å². The Morgan fingerprint density at radius 1 is 0.914 bits per heavy atom. The molecule has 0 unspecified atom stereocenters. The minimum Gasteiger partial charge on any atom is -0.480 e. The van der Waals surface area contributed by atoms with Crippen molar-refractivity contribution in [3.63, 3.8) is 0 Å². The molecule has 0 spiro atoms. The molecular formula is C28H28N2O5. The fourth-order valence-corrected chi connectivity index (χ4v) is 4.37. The summed E-state index contributed by atoms with van der Waals surface area (Å²) in [7, 11) is 0. The summed E-state index contributed by atoms with van der Waals surface area (Å²) < 4.78 is 5.57. The smallest absolute Gasteiger partial charge is 0.411 e. The van der Waals surface area contributed by atoms with Crippen LogP contribution in [-0.4, -0.2) is 35.7 Å². The first-order valence-corrected chi connectivity index (χ1v) is 11.7. The van der Waals surface area contributed by atoms with E-state index in [4.69, 9.17) is 9.84 Å². The Hall–Kier alpha value is -4.13. The predicted molar refractivity (Wildman–Crippen MR) is 133 cm³/mol. The minimum atomic E-state index is -1.04. The minimum absolute atomic E-state index is 0.00453. The van der Waals surface area contributed by atoms with E-state index in [0.717, 1.165) is 16.7 Å². The summed E-state index contributed by atoms with van der Waals surface area (Å²) in [6, 6.07) is 22.6. The number of nitrogens with one attached hydrogen (secondary N) is 2. The van der Waals surface area contributed by atoms with Gasteiger partial charge in [0.15, 0.2) is 0 Å². The zero-order valence-electron chi connectivity index (χ0n) is 19.5. The molecular weight excluding hydrogens is 444 g/mol. The zero-order chi connectivity index (χ0) is 24.8. The predicted octanol–water partition coefficient (Wildman–Crippen LogP) is 4.96. The van der Waals surface area contributed by atoms with Crippen LogP contribution in [0.2, 0.25) is 0 Å². The van der Waals surface area contributed by atoms with Crippen LogP contribution in [0.25, 0.3) is 11.1 Å². The number of carbonyl (C=O) groups is 3. The number of fused-ring (bicyclic) bond motifs is 3. The third kappa shape index (κ3) is 5.69. The Balaban J connectivity index is 1.28. The number of benzene rings is 3. The highest BCUT2D eigenvalue weighted by Crippen LogP contribution is 2.44. The van der Waals surface area contributed by atoms with E-state index < -0.39 is 18.1 Å². The second-order valence-corrected chi connectivity index (χ2v) is 8.51. The molecule has 3 aromatic rings. The standard InChI is InChI=1S/C28H28N2O5/c1-2-25(27(32)33)30-26(31)16-13-18-11-14-19(15-12-18)29-28(34)35-17-24-22-9-5-3-7-20(22)21-8-4-6-10-23(21)24/h3-12,14-15,24-25H,2,13,16-17H2,1H3,(H,29,34)(H,30,31)(H,32,33)/t25-/m0/s1. The molecule has 3 aromatic carbocycles. The van der Waals surface area contributed by atoms with Crippen molar-refractivity contribution in [2.45, 2.75) is 38.1 Å². The summed E-state index contributed by atoms with van der Waals surface area (Å²) in [5.74, 6) is -1.35. The number of ether oxygens (including phenoxy) is 1. The lowest BCUT2D eigenvalue weighted by Gasteiger charge is -2.15. The topological polar surface area (TPSA) is 105 Å². The van der Waals surface area contributed by atoms with Crippen molar-refractivity contribution in [1.29, 1.82) is 0 Å². The third-order valence-corrected chi connectivity index (χ3v) is 6.23. The Labute approximate surface area is 204 Å². The molecule has 7 nitrogen and oxygen atoms in total. The summed E-state index contributed by atoms with van der Waals surface area (Å²) in [6.45, 7) is 1.95. The SMILES string of the molecule is CC[C@H](NC(=O)CCc1ccc(NC(=O)OCC2c3ccccc3-c3ccccc32)cc1)C(=O)O. The van der Waals surface area contributed by atoms with Gasteiger partial charge in [0.25, 0.3) is 0 Å². The number of aliphatic carboxylic acids is 1. The molecule has 35 heavy (non-hydrogen) atoms. The van der Waals surface area contributed by atoms with E-state index >= 15 is 0 Å². The van der Waals surface area contributed by atoms with Crippen LogP contribution < -0.4 is 10.6 Å². The molecule has 0 fully saturated rings. The van der Waals surface area contributed by atoms with Gasteiger partial charge in [0.1, 0.15) is 12.6 Å². The van der Waals surface area contributed by atoms with Gasteiger partial charge < -0.3 is 15.2 Å². The van der Waals surface area contributed by atoms with Crippen LogP contribution in [0, 0.1) is 0 Å². The van der Waals surface area contributed by atoms with Gasteiger partial charge in [0, 0.05) is 18.0 Å². The van der Waals surface area contributed by atoms with E-state index in [-0.39, 0.29) is 24.9 Å². The number of hydrogen-bond acceptors (Lipinski definition) is 4. The average Bonchev–Trinajstić information content (AvgIpc) is 3.19. The molecule has 0 heterocycles. The van der Waals surface area contributed by atoms with Gasteiger partial charge in [-0.05, 0) is 52.8 Å². The Morgan fingerprint density at radius 2 is 1.51 bits per heavy atom. The van der Waals surface area contributed by atoms with E-state index in [1.165, 1.54) is 11.1 Å². The van der Waals surface area contributed by atoms with Gasteiger partial charge in [-0.25, -0.2) is 9.59 Å². The van der Waals surface area contributed by atoms with Crippen molar-refractivity contribution in [2.24, 2.45) is 0 Å². The molecule has 0 saturated heterocycles. The summed E-state index contributed by atoms with van der Waals surface area (Å²) >= 11 is 0. The van der Waals surface area contributed by atoms with Gasteiger partial charge in [-0.3, -0.25) is 10.1 Å². The monoisotopic (exact) mass is 472 g/mol. The fraction of sp³-hybridized carbons (Fsp3) is 0.250. The number of amides is 2. The first-order chi connectivity index (χ1) is 17.0. The lowest BCUT2D eigenvalue weighted by Crippen LogP contribution is -2.40. The molecule has 7 heteroatoms. The van der Waals surface area contributed by atoms with E-state index in [2.05, 4.69) is 34.9 Å². The highest BCUT2D eigenvalue weighted by molar-refractivity contribution is 5.85. The molecule has 2 amide bonds. The van der Waals surface area contributed by atoms with Gasteiger partial charge in [0.2, 0.25) is 5.91 Å². The van der Waals surface area contributed by atoms with Crippen LogP contribution in [0.5, 0.6) is 0 Å². The Kier molecular flexibility index (Phi) is 7.45. The van der Waals surface area contributed by atoms with Crippen molar-refractivity contribution < 1.29 is 24.2 Å². The van der Waals surface area contributed by atoms with Gasteiger partial charge in [-0.1, -0.05) is 67.6 Å². The zero-order valence-corrected chi connectivity index (χ0v) is 19.5. The van der Waals surface area contributed by atoms with Crippen molar-refractivity contribution in [2.75, 3.05) is 11.9 Å². The normalized spacial score (nSPS) is 12.8. The highest BCUT2D eigenvalue weighted by atomic mass is 16.5. The Morgan fingerprint density at radius 3 is 2.09 bits per heavy atom. The number of anilines is 1. The van der Waals surface area contributed by atoms with Crippen LogP contribution in [-0.2, 0) is 20.7 Å². The van der Waals surface area contributed by atoms with E-state index in [1.54, 1.807) is 19.1 Å². The molecule has 1 atom stereocenters. The first-order valence-electron chi connectivity index (χ1n) is 11.7. The first kappa shape index (κ1) is 24.0. The second kappa shape index (κ2) is 10.9. The number of carbonyl (C=O) groups excluding carboxylic acids is 2. The molecule has 0 bridgehead atoms. The van der Waals surface area contributed by atoms with Crippen LogP contribution >= 0.6 is 0 Å². The van der Waals surface area contributed by atoms with Gasteiger partial charge in [-0.2, -0.15) is 0 Å². The van der Waals surface area contributed by atoms with Gasteiger partial charge in [-0.15, -0.1) is 0 Å². The van der Waals surface area contributed by atoms with Crippen LogP contribution in [0.3, 0.4) is 0 Å². The number of rotatable bonds is 9. The number of aryl methyl sites for hydroxylation is 1. The van der Waals surface area contributed by atoms with Crippen LogP contribution in [0.4, 0.5) is 10.5 Å². The van der Waals surface area contributed by atoms with Crippen molar-refractivity contribution in [3.8, 4) is 11.1 Å². The lowest BCUT2D eigenvalue weighted by atomic mass is 9.98. The molecule has 0 aliphatic heterocycles. The molecule has 180 valence electrons. The maximum atomic E-state index is 12.4.